The quantitative estimate of drug-likeness (QED) is 0.859. The minimum atomic E-state index is 0.190. The van der Waals surface area contributed by atoms with Gasteiger partial charge in [-0.3, -0.25) is 4.68 Å². The number of rotatable bonds is 3. The smallest absolute Gasteiger partial charge is 0.231 e. The van der Waals surface area contributed by atoms with E-state index >= 15 is 0 Å². The van der Waals surface area contributed by atoms with Gasteiger partial charge in [0.05, 0.1) is 11.9 Å². The second-order valence-electron chi connectivity index (χ2n) is 4.09. The molecule has 2 N–H and O–H groups in total. The fourth-order valence-electron chi connectivity index (χ4n) is 1.82. The van der Waals surface area contributed by atoms with Gasteiger partial charge in [-0.1, -0.05) is 0 Å². The summed E-state index contributed by atoms with van der Waals surface area (Å²) in [5.41, 5.74) is 1.65. The minimum absolute atomic E-state index is 0.190. The summed E-state index contributed by atoms with van der Waals surface area (Å²) in [4.78, 5) is 0. The van der Waals surface area contributed by atoms with Gasteiger partial charge in [-0.2, -0.15) is 5.10 Å². The van der Waals surface area contributed by atoms with Gasteiger partial charge < -0.3 is 19.9 Å². The zero-order valence-electron chi connectivity index (χ0n) is 9.88. The SMILES string of the molecule is Cn1cc(NCc2cc3c(cc2O)OCO3)cn1. The standard InChI is InChI=1S/C12H13N3O3/c1-15-6-9(5-14-15)13-4-8-2-11-12(3-10(8)16)18-7-17-11/h2-3,5-6,13,16H,4,7H2,1H3. The van der Waals surface area contributed by atoms with Crippen molar-refractivity contribution in [2.24, 2.45) is 7.05 Å². The van der Waals surface area contributed by atoms with E-state index in [9.17, 15) is 5.11 Å². The normalized spacial score (nSPS) is 12.7. The maximum absolute atomic E-state index is 9.86. The summed E-state index contributed by atoms with van der Waals surface area (Å²) in [7, 11) is 1.85. The van der Waals surface area contributed by atoms with E-state index in [4.69, 9.17) is 9.47 Å². The van der Waals surface area contributed by atoms with Crippen molar-refractivity contribution in [3.63, 3.8) is 0 Å². The Hall–Kier alpha value is -2.37. The summed E-state index contributed by atoms with van der Waals surface area (Å²) in [5, 5.41) is 17.1. The topological polar surface area (TPSA) is 68.5 Å². The second kappa shape index (κ2) is 4.14. The van der Waals surface area contributed by atoms with Crippen LogP contribution < -0.4 is 14.8 Å². The van der Waals surface area contributed by atoms with Gasteiger partial charge in [-0.05, 0) is 6.07 Å². The Balaban J connectivity index is 1.76. The zero-order valence-corrected chi connectivity index (χ0v) is 9.88. The highest BCUT2D eigenvalue weighted by atomic mass is 16.7. The number of aromatic nitrogens is 2. The van der Waals surface area contributed by atoms with E-state index in [-0.39, 0.29) is 12.5 Å². The molecule has 6 heteroatoms. The van der Waals surface area contributed by atoms with Crippen molar-refractivity contribution in [2.45, 2.75) is 6.54 Å². The molecule has 1 aromatic heterocycles. The Morgan fingerprint density at radius 2 is 2.17 bits per heavy atom. The molecule has 0 atom stereocenters. The van der Waals surface area contributed by atoms with Crippen molar-refractivity contribution in [1.82, 2.24) is 9.78 Å². The molecule has 2 heterocycles. The molecule has 94 valence electrons. The van der Waals surface area contributed by atoms with Gasteiger partial charge in [0, 0.05) is 31.4 Å². The van der Waals surface area contributed by atoms with E-state index < -0.39 is 0 Å². The molecule has 0 amide bonds. The molecule has 0 saturated carbocycles. The lowest BCUT2D eigenvalue weighted by atomic mass is 10.1. The first-order chi connectivity index (χ1) is 8.72. The molecule has 18 heavy (non-hydrogen) atoms. The third-order valence-corrected chi connectivity index (χ3v) is 2.76. The van der Waals surface area contributed by atoms with Gasteiger partial charge >= 0.3 is 0 Å². The third kappa shape index (κ3) is 1.92. The number of ether oxygens (including phenoxy) is 2. The molecular weight excluding hydrogens is 234 g/mol. The molecule has 3 rings (SSSR count). The summed E-state index contributed by atoms with van der Waals surface area (Å²) in [5.74, 6) is 1.43. The molecular formula is C12H13N3O3. The molecule has 0 spiro atoms. The third-order valence-electron chi connectivity index (χ3n) is 2.76. The number of fused-ring (bicyclic) bond motifs is 1. The lowest BCUT2D eigenvalue weighted by Gasteiger charge is -2.07. The van der Waals surface area contributed by atoms with Crippen molar-refractivity contribution >= 4 is 5.69 Å². The van der Waals surface area contributed by atoms with E-state index in [0.717, 1.165) is 11.3 Å². The molecule has 0 radical (unpaired) electrons. The first kappa shape index (κ1) is 10.8. The number of phenols is 1. The number of nitrogens with zero attached hydrogens (tertiary/aromatic N) is 2. The molecule has 0 fully saturated rings. The lowest BCUT2D eigenvalue weighted by Crippen LogP contribution is -1.99. The number of anilines is 1. The number of nitrogens with one attached hydrogen (secondary N) is 1. The van der Waals surface area contributed by atoms with Crippen LogP contribution in [0.5, 0.6) is 17.2 Å². The van der Waals surface area contributed by atoms with Crippen LogP contribution in [0, 0.1) is 0 Å². The number of hydrogen-bond donors (Lipinski definition) is 2. The predicted molar refractivity (Wildman–Crippen MR) is 64.8 cm³/mol. The Labute approximate surface area is 104 Å². The van der Waals surface area contributed by atoms with Gasteiger partial charge in [-0.15, -0.1) is 0 Å². The number of phenolic OH excluding ortho intramolecular Hbond substituents is 1. The monoisotopic (exact) mass is 247 g/mol. The van der Waals surface area contributed by atoms with Crippen LogP contribution in [0.1, 0.15) is 5.56 Å². The summed E-state index contributed by atoms with van der Waals surface area (Å²) in [6.07, 6.45) is 3.59. The van der Waals surface area contributed by atoms with Crippen molar-refractivity contribution < 1.29 is 14.6 Å². The van der Waals surface area contributed by atoms with E-state index in [2.05, 4.69) is 10.4 Å². The van der Waals surface area contributed by atoms with Crippen molar-refractivity contribution in [1.29, 1.82) is 0 Å². The minimum Gasteiger partial charge on any atom is -0.507 e. The second-order valence-corrected chi connectivity index (χ2v) is 4.09. The first-order valence-corrected chi connectivity index (χ1v) is 5.56. The van der Waals surface area contributed by atoms with E-state index in [0.29, 0.717) is 18.0 Å². The Kier molecular flexibility index (Phi) is 2.47. The Bertz CT molecular complexity index is 580. The molecule has 1 aromatic carbocycles. The van der Waals surface area contributed by atoms with Crippen LogP contribution in [-0.2, 0) is 13.6 Å². The molecule has 0 unspecified atom stereocenters. The van der Waals surface area contributed by atoms with Crippen LogP contribution in [0.15, 0.2) is 24.5 Å². The van der Waals surface area contributed by atoms with Crippen LogP contribution in [0.4, 0.5) is 5.69 Å². The average Bonchev–Trinajstić information content (AvgIpc) is 2.94. The summed E-state index contributed by atoms with van der Waals surface area (Å²) >= 11 is 0. The molecule has 1 aliphatic heterocycles. The summed E-state index contributed by atoms with van der Waals surface area (Å²) in [6, 6.07) is 3.35. The van der Waals surface area contributed by atoms with Crippen LogP contribution in [0.25, 0.3) is 0 Å². The van der Waals surface area contributed by atoms with Gasteiger partial charge in [0.2, 0.25) is 6.79 Å². The number of hydrogen-bond acceptors (Lipinski definition) is 5. The summed E-state index contributed by atoms with van der Waals surface area (Å²) < 4.78 is 12.2. The van der Waals surface area contributed by atoms with Crippen LogP contribution >= 0.6 is 0 Å². The largest absolute Gasteiger partial charge is 0.507 e. The van der Waals surface area contributed by atoms with Gasteiger partial charge in [0.15, 0.2) is 11.5 Å². The van der Waals surface area contributed by atoms with Gasteiger partial charge in [0.1, 0.15) is 5.75 Å². The number of benzene rings is 1. The Morgan fingerprint density at radius 1 is 1.39 bits per heavy atom. The highest BCUT2D eigenvalue weighted by Crippen LogP contribution is 2.37. The maximum Gasteiger partial charge on any atom is 0.231 e. The lowest BCUT2D eigenvalue weighted by molar-refractivity contribution is 0.174. The number of aromatic hydroxyl groups is 1. The molecule has 1 aliphatic rings. The molecule has 2 aromatic rings. The van der Waals surface area contributed by atoms with Crippen molar-refractivity contribution in [3.8, 4) is 17.2 Å². The average molecular weight is 247 g/mol. The maximum atomic E-state index is 9.86. The zero-order chi connectivity index (χ0) is 12.5. The predicted octanol–water partition coefficient (Wildman–Crippen LogP) is 1.47. The van der Waals surface area contributed by atoms with E-state index in [1.807, 2.05) is 13.2 Å². The fourth-order valence-corrected chi connectivity index (χ4v) is 1.82. The van der Waals surface area contributed by atoms with Crippen LogP contribution in [0.3, 0.4) is 0 Å². The first-order valence-electron chi connectivity index (χ1n) is 5.56. The van der Waals surface area contributed by atoms with Crippen LogP contribution in [-0.4, -0.2) is 21.7 Å². The van der Waals surface area contributed by atoms with Gasteiger partial charge in [-0.25, -0.2) is 0 Å². The Morgan fingerprint density at radius 3 is 2.89 bits per heavy atom. The number of aryl methyl sites for hydroxylation is 1. The van der Waals surface area contributed by atoms with E-state index in [1.54, 1.807) is 23.0 Å². The van der Waals surface area contributed by atoms with Crippen LogP contribution in [0.2, 0.25) is 0 Å². The highest BCUT2D eigenvalue weighted by Gasteiger charge is 2.16. The highest BCUT2D eigenvalue weighted by molar-refractivity contribution is 5.52. The molecule has 0 saturated heterocycles. The molecule has 0 aliphatic carbocycles. The van der Waals surface area contributed by atoms with E-state index in [1.165, 1.54) is 0 Å². The van der Waals surface area contributed by atoms with Gasteiger partial charge in [0.25, 0.3) is 0 Å². The summed E-state index contributed by atoms with van der Waals surface area (Å²) in [6.45, 7) is 0.697. The molecule has 6 nitrogen and oxygen atoms in total. The molecule has 0 bridgehead atoms. The fraction of sp³-hybridized carbons (Fsp3) is 0.250. The van der Waals surface area contributed by atoms with Crippen molar-refractivity contribution in [3.05, 3.63) is 30.1 Å². The van der Waals surface area contributed by atoms with Crippen molar-refractivity contribution in [2.75, 3.05) is 12.1 Å².